The van der Waals surface area contributed by atoms with Crippen molar-refractivity contribution in [1.29, 1.82) is 0 Å². The van der Waals surface area contributed by atoms with Gasteiger partial charge in [-0.05, 0) is 23.6 Å². The van der Waals surface area contributed by atoms with E-state index in [1.165, 1.54) is 0 Å². The summed E-state index contributed by atoms with van der Waals surface area (Å²) in [5, 5.41) is 0. The number of benzene rings is 1. The molecular weight excluding hydrogens is 304 g/mol. The lowest BCUT2D eigenvalue weighted by Gasteiger charge is -2.26. The topological polar surface area (TPSA) is 75.7 Å². The number of carbonyl (C=O) groups excluding carboxylic acids is 1. The first kappa shape index (κ1) is 16.9. The molecule has 0 atom stereocenters. The number of morpholine rings is 1. The second kappa shape index (κ2) is 7.21. The van der Waals surface area contributed by atoms with Crippen LogP contribution in [0, 0.1) is 0 Å². The van der Waals surface area contributed by atoms with Crippen LogP contribution in [-0.4, -0.2) is 52.1 Å². The summed E-state index contributed by atoms with van der Waals surface area (Å²) in [6.07, 6.45) is 0. The minimum absolute atomic E-state index is 0.173. The predicted molar refractivity (Wildman–Crippen MR) is 83.1 cm³/mol. The fraction of sp³-hybridized carbons (Fsp3) is 0.533. The van der Waals surface area contributed by atoms with E-state index < -0.39 is 10.0 Å². The van der Waals surface area contributed by atoms with Gasteiger partial charge in [0.15, 0.2) is 0 Å². The lowest BCUT2D eigenvalue weighted by atomic mass is 10.0. The highest BCUT2D eigenvalue weighted by Gasteiger charge is 2.20. The summed E-state index contributed by atoms with van der Waals surface area (Å²) < 4.78 is 31.9. The molecule has 0 spiro atoms. The van der Waals surface area contributed by atoms with E-state index >= 15 is 0 Å². The number of amides is 1. The molecule has 6 nitrogen and oxygen atoms in total. The minimum Gasteiger partial charge on any atom is -0.378 e. The van der Waals surface area contributed by atoms with Crippen molar-refractivity contribution in [2.75, 3.05) is 32.8 Å². The van der Waals surface area contributed by atoms with E-state index in [0.29, 0.717) is 32.2 Å². The maximum Gasteiger partial charge on any atom is 0.241 e. The van der Waals surface area contributed by atoms with Crippen molar-refractivity contribution in [2.24, 2.45) is 0 Å². The van der Waals surface area contributed by atoms with E-state index in [1.54, 1.807) is 29.2 Å². The number of hydrogen-bond donors (Lipinski definition) is 1. The molecule has 22 heavy (non-hydrogen) atoms. The second-order valence-electron chi connectivity index (χ2n) is 5.54. The molecule has 1 aliphatic heterocycles. The van der Waals surface area contributed by atoms with E-state index in [4.69, 9.17) is 4.74 Å². The fourth-order valence-corrected chi connectivity index (χ4v) is 3.17. The molecule has 1 saturated heterocycles. The molecule has 1 fully saturated rings. The molecule has 1 amide bonds. The number of nitrogens with zero attached hydrogens (tertiary/aromatic N) is 1. The van der Waals surface area contributed by atoms with Gasteiger partial charge in [0.05, 0.1) is 24.7 Å². The first-order valence-electron chi connectivity index (χ1n) is 7.35. The van der Waals surface area contributed by atoms with Crippen molar-refractivity contribution in [2.45, 2.75) is 24.7 Å². The maximum absolute atomic E-state index is 12.2. The molecule has 0 radical (unpaired) electrons. The quantitative estimate of drug-likeness (QED) is 0.874. The molecule has 0 saturated carbocycles. The molecule has 1 heterocycles. The van der Waals surface area contributed by atoms with E-state index in [-0.39, 0.29) is 17.3 Å². The van der Waals surface area contributed by atoms with Crippen LogP contribution in [-0.2, 0) is 19.6 Å². The number of carbonyl (C=O) groups is 1. The van der Waals surface area contributed by atoms with Crippen LogP contribution < -0.4 is 4.72 Å². The van der Waals surface area contributed by atoms with Gasteiger partial charge in [0.25, 0.3) is 0 Å². The molecule has 1 aromatic carbocycles. The van der Waals surface area contributed by atoms with Gasteiger partial charge >= 0.3 is 0 Å². The van der Waals surface area contributed by atoms with Crippen LogP contribution in [0.4, 0.5) is 0 Å². The van der Waals surface area contributed by atoms with Gasteiger partial charge in [-0.25, -0.2) is 13.1 Å². The van der Waals surface area contributed by atoms with Crippen molar-refractivity contribution in [3.63, 3.8) is 0 Å². The van der Waals surface area contributed by atoms with Crippen LogP contribution in [0.5, 0.6) is 0 Å². The SMILES string of the molecule is CC(C)c1ccc(S(=O)(=O)NCC(=O)N2CCOCC2)cc1. The van der Waals surface area contributed by atoms with Crippen LogP contribution in [0.3, 0.4) is 0 Å². The van der Waals surface area contributed by atoms with Crippen LogP contribution in [0.1, 0.15) is 25.3 Å². The van der Waals surface area contributed by atoms with Crippen LogP contribution in [0.25, 0.3) is 0 Å². The van der Waals surface area contributed by atoms with Crippen LogP contribution >= 0.6 is 0 Å². The zero-order valence-corrected chi connectivity index (χ0v) is 13.7. The third-order valence-corrected chi connectivity index (χ3v) is 5.05. The molecule has 1 aromatic rings. The van der Waals surface area contributed by atoms with Gasteiger partial charge in [-0.3, -0.25) is 4.79 Å². The smallest absolute Gasteiger partial charge is 0.241 e. The number of ether oxygens (including phenoxy) is 1. The average molecular weight is 326 g/mol. The standard InChI is InChI=1S/C15H22N2O4S/c1-12(2)13-3-5-14(6-4-13)22(19,20)16-11-15(18)17-7-9-21-10-8-17/h3-6,12,16H,7-11H2,1-2H3. The molecule has 0 bridgehead atoms. The molecule has 2 rings (SSSR count). The Hall–Kier alpha value is -1.44. The summed E-state index contributed by atoms with van der Waals surface area (Å²) in [7, 11) is -3.67. The van der Waals surface area contributed by atoms with E-state index in [9.17, 15) is 13.2 Å². The van der Waals surface area contributed by atoms with Crippen LogP contribution in [0.2, 0.25) is 0 Å². The summed E-state index contributed by atoms with van der Waals surface area (Å²) in [5.74, 6) is 0.110. The van der Waals surface area contributed by atoms with Crippen molar-refractivity contribution >= 4 is 15.9 Å². The highest BCUT2D eigenvalue weighted by atomic mass is 32.2. The molecule has 0 unspecified atom stereocenters. The summed E-state index contributed by atoms with van der Waals surface area (Å²) in [5.41, 5.74) is 1.07. The van der Waals surface area contributed by atoms with Gasteiger partial charge in [0, 0.05) is 13.1 Å². The van der Waals surface area contributed by atoms with Gasteiger partial charge < -0.3 is 9.64 Å². The van der Waals surface area contributed by atoms with Gasteiger partial charge in [0.1, 0.15) is 0 Å². The lowest BCUT2D eigenvalue weighted by molar-refractivity contribution is -0.133. The summed E-state index contributed by atoms with van der Waals surface area (Å²) in [6, 6.07) is 6.72. The second-order valence-corrected chi connectivity index (χ2v) is 7.31. The zero-order chi connectivity index (χ0) is 16.2. The Kier molecular flexibility index (Phi) is 5.55. The van der Waals surface area contributed by atoms with Crippen molar-refractivity contribution < 1.29 is 17.9 Å². The first-order valence-corrected chi connectivity index (χ1v) is 8.83. The predicted octanol–water partition coefficient (Wildman–Crippen LogP) is 0.947. The molecule has 1 N–H and O–H groups in total. The molecule has 1 aliphatic rings. The monoisotopic (exact) mass is 326 g/mol. The zero-order valence-electron chi connectivity index (χ0n) is 12.9. The van der Waals surface area contributed by atoms with Gasteiger partial charge in [-0.2, -0.15) is 0 Å². The highest BCUT2D eigenvalue weighted by molar-refractivity contribution is 7.89. The molecule has 7 heteroatoms. The molecular formula is C15H22N2O4S. The third kappa shape index (κ3) is 4.28. The van der Waals surface area contributed by atoms with Crippen molar-refractivity contribution in [1.82, 2.24) is 9.62 Å². The molecule has 0 aromatic heterocycles. The number of nitrogens with one attached hydrogen (secondary N) is 1. The lowest BCUT2D eigenvalue weighted by Crippen LogP contribution is -2.45. The Morgan fingerprint density at radius 2 is 1.82 bits per heavy atom. The Bertz CT molecular complexity index is 605. The van der Waals surface area contributed by atoms with E-state index in [0.717, 1.165) is 5.56 Å². The number of hydrogen-bond acceptors (Lipinski definition) is 4. The fourth-order valence-electron chi connectivity index (χ4n) is 2.20. The Morgan fingerprint density at radius 1 is 1.23 bits per heavy atom. The normalized spacial score (nSPS) is 16.0. The van der Waals surface area contributed by atoms with Crippen molar-refractivity contribution in [3.8, 4) is 0 Å². The third-order valence-electron chi connectivity index (χ3n) is 3.63. The van der Waals surface area contributed by atoms with Crippen LogP contribution in [0.15, 0.2) is 29.2 Å². The first-order chi connectivity index (χ1) is 10.4. The maximum atomic E-state index is 12.2. The minimum atomic E-state index is -3.67. The largest absolute Gasteiger partial charge is 0.378 e. The Morgan fingerprint density at radius 3 is 2.36 bits per heavy atom. The number of rotatable bonds is 5. The molecule has 122 valence electrons. The summed E-state index contributed by atoms with van der Waals surface area (Å²) in [6.45, 7) is 5.86. The summed E-state index contributed by atoms with van der Waals surface area (Å²) >= 11 is 0. The van der Waals surface area contributed by atoms with Gasteiger partial charge in [-0.1, -0.05) is 26.0 Å². The summed E-state index contributed by atoms with van der Waals surface area (Å²) in [4.78, 5) is 13.7. The van der Waals surface area contributed by atoms with Gasteiger partial charge in [0.2, 0.25) is 15.9 Å². The van der Waals surface area contributed by atoms with E-state index in [2.05, 4.69) is 4.72 Å². The highest BCUT2D eigenvalue weighted by Crippen LogP contribution is 2.17. The van der Waals surface area contributed by atoms with Crippen molar-refractivity contribution in [3.05, 3.63) is 29.8 Å². The average Bonchev–Trinajstić information content (AvgIpc) is 2.53. The Balaban J connectivity index is 1.96. The van der Waals surface area contributed by atoms with E-state index in [1.807, 2.05) is 13.8 Å². The molecule has 0 aliphatic carbocycles. The Labute approximate surface area is 131 Å². The number of sulfonamides is 1. The van der Waals surface area contributed by atoms with Gasteiger partial charge in [-0.15, -0.1) is 0 Å².